The number of carbonyl (C=O) groups excluding carboxylic acids is 2. The highest BCUT2D eigenvalue weighted by molar-refractivity contribution is 6.33. The van der Waals surface area contributed by atoms with Crippen molar-refractivity contribution >= 4 is 40.5 Å². The molecule has 1 heterocycles. The molecule has 0 aliphatic carbocycles. The SMILES string of the molecule is O=C(CN1C(=O)CCc2cc([N+](=O)[O-])ccc21)Nc1ccccc1Cl. The number of nitrogens with zero attached hydrogens (tertiary/aromatic N) is 2. The molecule has 1 N–H and O–H groups in total. The van der Waals surface area contributed by atoms with Gasteiger partial charge < -0.3 is 10.2 Å². The number of hydrogen-bond donors (Lipinski definition) is 1. The van der Waals surface area contributed by atoms with Crippen LogP contribution in [-0.4, -0.2) is 23.3 Å². The van der Waals surface area contributed by atoms with E-state index < -0.39 is 10.8 Å². The molecule has 8 heteroatoms. The van der Waals surface area contributed by atoms with Gasteiger partial charge in [-0.05, 0) is 30.2 Å². The zero-order chi connectivity index (χ0) is 18.0. The lowest BCUT2D eigenvalue weighted by atomic mass is 10.0. The largest absolute Gasteiger partial charge is 0.323 e. The van der Waals surface area contributed by atoms with E-state index in [2.05, 4.69) is 5.32 Å². The molecule has 0 saturated heterocycles. The van der Waals surface area contributed by atoms with Crippen molar-refractivity contribution in [3.63, 3.8) is 0 Å². The zero-order valence-corrected chi connectivity index (χ0v) is 13.8. The monoisotopic (exact) mass is 359 g/mol. The lowest BCUT2D eigenvalue weighted by molar-refractivity contribution is -0.384. The first kappa shape index (κ1) is 16.9. The number of nitro groups is 1. The third kappa shape index (κ3) is 3.61. The van der Waals surface area contributed by atoms with Crippen LogP contribution >= 0.6 is 11.6 Å². The van der Waals surface area contributed by atoms with Crippen LogP contribution < -0.4 is 10.2 Å². The van der Waals surface area contributed by atoms with Crippen molar-refractivity contribution in [1.82, 2.24) is 0 Å². The van der Waals surface area contributed by atoms with Crippen molar-refractivity contribution in [2.24, 2.45) is 0 Å². The number of halogens is 1. The summed E-state index contributed by atoms with van der Waals surface area (Å²) in [7, 11) is 0. The molecule has 25 heavy (non-hydrogen) atoms. The molecular formula is C17H14ClN3O4. The van der Waals surface area contributed by atoms with E-state index in [0.29, 0.717) is 28.4 Å². The second-order valence-corrected chi connectivity index (χ2v) is 5.99. The molecule has 1 aliphatic rings. The number of nitro benzene ring substituents is 1. The standard InChI is InChI=1S/C17H14ClN3O4/c18-13-3-1-2-4-14(13)19-16(22)10-20-15-7-6-12(21(24)25)9-11(15)5-8-17(20)23/h1-4,6-7,9H,5,8,10H2,(H,19,22). The highest BCUT2D eigenvalue weighted by atomic mass is 35.5. The molecule has 2 amide bonds. The summed E-state index contributed by atoms with van der Waals surface area (Å²) in [6, 6.07) is 11.1. The van der Waals surface area contributed by atoms with Crippen LogP contribution in [-0.2, 0) is 16.0 Å². The molecule has 7 nitrogen and oxygen atoms in total. The van der Waals surface area contributed by atoms with Gasteiger partial charge in [-0.15, -0.1) is 0 Å². The molecular weight excluding hydrogens is 346 g/mol. The van der Waals surface area contributed by atoms with Crippen molar-refractivity contribution in [1.29, 1.82) is 0 Å². The summed E-state index contributed by atoms with van der Waals surface area (Å²) in [6.45, 7) is -0.186. The third-order valence-corrected chi connectivity index (χ3v) is 4.25. The molecule has 0 spiro atoms. The molecule has 0 unspecified atom stereocenters. The molecule has 0 atom stereocenters. The summed E-state index contributed by atoms with van der Waals surface area (Å²) in [5.74, 6) is -0.594. The first-order chi connectivity index (χ1) is 12.0. The number of aryl methyl sites for hydroxylation is 1. The van der Waals surface area contributed by atoms with E-state index in [1.807, 2.05) is 0 Å². The Hall–Kier alpha value is -2.93. The number of amides is 2. The van der Waals surface area contributed by atoms with Crippen molar-refractivity contribution < 1.29 is 14.5 Å². The molecule has 2 aromatic rings. The number of nitrogens with one attached hydrogen (secondary N) is 1. The predicted octanol–water partition coefficient (Wildman–Crippen LogP) is 3.17. The molecule has 0 aromatic heterocycles. The van der Waals surface area contributed by atoms with Gasteiger partial charge in [0.1, 0.15) is 6.54 Å². The van der Waals surface area contributed by atoms with Crippen molar-refractivity contribution in [2.75, 3.05) is 16.8 Å². The molecule has 2 aromatic carbocycles. The van der Waals surface area contributed by atoms with Gasteiger partial charge in [-0.2, -0.15) is 0 Å². The number of hydrogen-bond acceptors (Lipinski definition) is 4. The fraction of sp³-hybridized carbons (Fsp3) is 0.176. The summed E-state index contributed by atoms with van der Waals surface area (Å²) < 4.78 is 0. The fourth-order valence-electron chi connectivity index (χ4n) is 2.73. The smallest absolute Gasteiger partial charge is 0.269 e. The average Bonchev–Trinajstić information content (AvgIpc) is 2.59. The van der Waals surface area contributed by atoms with Gasteiger partial charge in [-0.1, -0.05) is 23.7 Å². The predicted molar refractivity (Wildman–Crippen MR) is 93.9 cm³/mol. The van der Waals surface area contributed by atoms with Crippen LogP contribution in [0.4, 0.5) is 17.1 Å². The summed E-state index contributed by atoms with van der Waals surface area (Å²) >= 11 is 6.01. The van der Waals surface area contributed by atoms with Crippen LogP contribution in [0.2, 0.25) is 5.02 Å². The lowest BCUT2D eigenvalue weighted by Gasteiger charge is -2.28. The van der Waals surface area contributed by atoms with Gasteiger partial charge in [0.05, 0.1) is 15.6 Å². The van der Waals surface area contributed by atoms with Gasteiger partial charge in [0, 0.05) is 24.2 Å². The zero-order valence-electron chi connectivity index (χ0n) is 13.1. The van der Waals surface area contributed by atoms with Gasteiger partial charge in [0.25, 0.3) is 5.69 Å². The number of rotatable bonds is 4. The normalized spacial score (nSPS) is 13.3. The van der Waals surface area contributed by atoms with Gasteiger partial charge in [0.15, 0.2) is 0 Å². The van der Waals surface area contributed by atoms with Gasteiger partial charge in [-0.3, -0.25) is 19.7 Å². The van der Waals surface area contributed by atoms with Gasteiger partial charge in [-0.25, -0.2) is 0 Å². The van der Waals surface area contributed by atoms with Crippen LogP contribution in [0.1, 0.15) is 12.0 Å². The molecule has 1 aliphatic heterocycles. The van der Waals surface area contributed by atoms with Crippen LogP contribution in [0.15, 0.2) is 42.5 Å². The van der Waals surface area contributed by atoms with Gasteiger partial charge in [0.2, 0.25) is 11.8 Å². The van der Waals surface area contributed by atoms with E-state index >= 15 is 0 Å². The van der Waals surface area contributed by atoms with E-state index in [1.54, 1.807) is 24.3 Å². The maximum atomic E-state index is 12.3. The van der Waals surface area contributed by atoms with Crippen molar-refractivity contribution in [3.8, 4) is 0 Å². The minimum absolute atomic E-state index is 0.0337. The number of benzene rings is 2. The Bertz CT molecular complexity index is 869. The second kappa shape index (κ2) is 6.90. The van der Waals surface area contributed by atoms with Crippen LogP contribution in [0.25, 0.3) is 0 Å². The Balaban J connectivity index is 1.81. The van der Waals surface area contributed by atoms with Crippen LogP contribution in [0.5, 0.6) is 0 Å². The van der Waals surface area contributed by atoms with E-state index in [0.717, 1.165) is 0 Å². The average molecular weight is 360 g/mol. The number of carbonyl (C=O) groups is 2. The lowest BCUT2D eigenvalue weighted by Crippen LogP contribution is -2.40. The van der Waals surface area contributed by atoms with Gasteiger partial charge >= 0.3 is 0 Å². The summed E-state index contributed by atoms with van der Waals surface area (Å²) in [5.41, 5.74) is 1.63. The van der Waals surface area contributed by atoms with Crippen LogP contribution in [0, 0.1) is 10.1 Å². The van der Waals surface area contributed by atoms with E-state index in [-0.39, 0.29) is 24.6 Å². The summed E-state index contributed by atoms with van der Waals surface area (Å²) in [5, 5.41) is 14.0. The number of para-hydroxylation sites is 1. The topological polar surface area (TPSA) is 92.5 Å². The van der Waals surface area contributed by atoms with Crippen molar-refractivity contribution in [2.45, 2.75) is 12.8 Å². The minimum atomic E-state index is -0.481. The molecule has 0 fully saturated rings. The quantitative estimate of drug-likeness (QED) is 0.670. The summed E-state index contributed by atoms with van der Waals surface area (Å²) in [4.78, 5) is 36.3. The Morgan fingerprint density at radius 2 is 2.00 bits per heavy atom. The molecule has 128 valence electrons. The number of fused-ring (bicyclic) bond motifs is 1. The van der Waals surface area contributed by atoms with Crippen LogP contribution in [0.3, 0.4) is 0 Å². The number of non-ortho nitro benzene ring substituents is 1. The Morgan fingerprint density at radius 3 is 2.72 bits per heavy atom. The Morgan fingerprint density at radius 1 is 1.24 bits per heavy atom. The van der Waals surface area contributed by atoms with E-state index in [4.69, 9.17) is 11.6 Å². The van der Waals surface area contributed by atoms with E-state index in [1.165, 1.54) is 23.1 Å². The highest BCUT2D eigenvalue weighted by Gasteiger charge is 2.27. The first-order valence-electron chi connectivity index (χ1n) is 7.58. The molecule has 3 rings (SSSR count). The van der Waals surface area contributed by atoms with Crippen molar-refractivity contribution in [3.05, 3.63) is 63.2 Å². The molecule has 0 saturated carbocycles. The molecule has 0 bridgehead atoms. The first-order valence-corrected chi connectivity index (χ1v) is 7.95. The highest BCUT2D eigenvalue weighted by Crippen LogP contribution is 2.31. The second-order valence-electron chi connectivity index (χ2n) is 5.58. The summed E-state index contributed by atoms with van der Waals surface area (Å²) in [6.07, 6.45) is 0.617. The maximum absolute atomic E-state index is 12.3. The van der Waals surface area contributed by atoms with E-state index in [9.17, 15) is 19.7 Å². The fourth-order valence-corrected chi connectivity index (χ4v) is 2.91. The Labute approximate surface area is 148 Å². The maximum Gasteiger partial charge on any atom is 0.269 e. The Kier molecular flexibility index (Phi) is 4.67. The third-order valence-electron chi connectivity index (χ3n) is 3.92. The minimum Gasteiger partial charge on any atom is -0.323 e. The number of anilines is 2. The molecule has 0 radical (unpaired) electrons.